The van der Waals surface area contributed by atoms with Gasteiger partial charge in [-0.3, -0.25) is 10.2 Å². The summed E-state index contributed by atoms with van der Waals surface area (Å²) in [5.41, 5.74) is 5.33. The van der Waals surface area contributed by atoms with Gasteiger partial charge < -0.3 is 5.11 Å². The van der Waals surface area contributed by atoms with Crippen LogP contribution in [0.2, 0.25) is 0 Å². The molecule has 8 heavy (non-hydrogen) atoms. The fourth-order valence-corrected chi connectivity index (χ4v) is 0.669. The summed E-state index contributed by atoms with van der Waals surface area (Å²) in [6, 6.07) is -0.380. The first-order valence-electron chi connectivity index (χ1n) is 2.52. The van der Waals surface area contributed by atoms with Gasteiger partial charge in [0.2, 0.25) is 0 Å². The Morgan fingerprint density at radius 1 is 1.75 bits per heavy atom. The number of rotatable bonds is 1. The molecule has 1 aliphatic heterocycles. The zero-order chi connectivity index (χ0) is 5.98. The molecule has 0 saturated carbocycles. The van der Waals surface area contributed by atoms with Crippen LogP contribution in [0.5, 0.6) is 0 Å². The molecule has 0 bridgehead atoms. The van der Waals surface area contributed by atoms with E-state index in [9.17, 15) is 4.79 Å². The fraction of sp³-hybridized carbons (Fsp3) is 0.750. The maximum atomic E-state index is 10.1. The number of carbonyl (C=O) groups is 1. The van der Waals surface area contributed by atoms with Gasteiger partial charge in [0.05, 0.1) is 0 Å². The van der Waals surface area contributed by atoms with Crippen molar-refractivity contribution >= 4 is 5.97 Å². The minimum absolute atomic E-state index is 0.380. The zero-order valence-electron chi connectivity index (χ0n) is 4.35. The van der Waals surface area contributed by atoms with E-state index in [1.165, 1.54) is 0 Å². The third-order valence-corrected chi connectivity index (χ3v) is 1.13. The summed E-state index contributed by atoms with van der Waals surface area (Å²) in [4.78, 5) is 10.1. The number of carboxylic acid groups (broad SMARTS) is 1. The summed E-state index contributed by atoms with van der Waals surface area (Å²) in [5.74, 6) is -0.782. The van der Waals surface area contributed by atoms with Gasteiger partial charge in [-0.15, -0.1) is 0 Å². The summed E-state index contributed by atoms with van der Waals surface area (Å²) in [5, 5.41) is 8.31. The zero-order valence-corrected chi connectivity index (χ0v) is 4.35. The highest BCUT2D eigenvalue weighted by atomic mass is 16.4. The van der Waals surface area contributed by atoms with Crippen molar-refractivity contribution in [1.29, 1.82) is 0 Å². The summed E-state index contributed by atoms with van der Waals surface area (Å²) >= 11 is 0. The van der Waals surface area contributed by atoms with Crippen LogP contribution in [0.3, 0.4) is 0 Å². The number of carboxylic acids is 1. The first-order chi connectivity index (χ1) is 3.80. The third-order valence-electron chi connectivity index (χ3n) is 1.13. The second-order valence-electron chi connectivity index (χ2n) is 1.75. The minimum Gasteiger partial charge on any atom is -0.480 e. The summed E-state index contributed by atoms with van der Waals surface area (Å²) in [7, 11) is 0. The lowest BCUT2D eigenvalue weighted by Crippen LogP contribution is -2.35. The third kappa shape index (κ3) is 0.962. The van der Waals surface area contributed by atoms with Crippen molar-refractivity contribution in [3.05, 3.63) is 0 Å². The number of nitrogens with one attached hydrogen (secondary N) is 2. The molecule has 1 saturated heterocycles. The van der Waals surface area contributed by atoms with Gasteiger partial charge in [0.25, 0.3) is 0 Å². The van der Waals surface area contributed by atoms with E-state index in [2.05, 4.69) is 10.9 Å². The van der Waals surface area contributed by atoms with Crippen molar-refractivity contribution < 1.29 is 9.90 Å². The molecule has 0 aromatic rings. The van der Waals surface area contributed by atoms with Gasteiger partial charge in [-0.25, -0.2) is 5.43 Å². The summed E-state index contributed by atoms with van der Waals surface area (Å²) < 4.78 is 0. The van der Waals surface area contributed by atoms with Crippen molar-refractivity contribution in [2.24, 2.45) is 0 Å². The Bertz CT molecular complexity index is 98.2. The van der Waals surface area contributed by atoms with Crippen LogP contribution in [-0.4, -0.2) is 23.7 Å². The Hall–Kier alpha value is -0.610. The lowest BCUT2D eigenvalue weighted by atomic mass is 10.2. The highest BCUT2D eigenvalue weighted by molar-refractivity contribution is 5.73. The van der Waals surface area contributed by atoms with E-state index in [1.807, 2.05) is 0 Å². The van der Waals surface area contributed by atoms with E-state index in [0.717, 1.165) is 6.54 Å². The Labute approximate surface area is 46.9 Å². The number of aliphatic carboxylic acids is 1. The van der Waals surface area contributed by atoms with Crippen LogP contribution in [0.15, 0.2) is 0 Å². The molecular formula is C4H8N2O2. The van der Waals surface area contributed by atoms with Crippen molar-refractivity contribution in [3.63, 3.8) is 0 Å². The van der Waals surface area contributed by atoms with Gasteiger partial charge in [-0.2, -0.15) is 0 Å². The minimum atomic E-state index is -0.782. The molecule has 1 rings (SSSR count). The van der Waals surface area contributed by atoms with E-state index >= 15 is 0 Å². The van der Waals surface area contributed by atoms with Crippen molar-refractivity contribution in [2.75, 3.05) is 6.54 Å². The largest absolute Gasteiger partial charge is 0.480 e. The van der Waals surface area contributed by atoms with E-state index in [0.29, 0.717) is 6.42 Å². The summed E-state index contributed by atoms with van der Waals surface area (Å²) in [6.45, 7) is 0.747. The topological polar surface area (TPSA) is 61.4 Å². The number of hydrogen-bond acceptors (Lipinski definition) is 3. The second-order valence-corrected chi connectivity index (χ2v) is 1.75. The van der Waals surface area contributed by atoms with Gasteiger partial charge in [0.1, 0.15) is 6.04 Å². The van der Waals surface area contributed by atoms with Gasteiger partial charge in [-0.1, -0.05) is 0 Å². The maximum Gasteiger partial charge on any atom is 0.322 e. The molecule has 0 radical (unpaired) electrons. The lowest BCUT2D eigenvalue weighted by molar-refractivity contribution is -0.139. The van der Waals surface area contributed by atoms with Crippen LogP contribution in [0.25, 0.3) is 0 Å². The number of hydrogen-bond donors (Lipinski definition) is 3. The Balaban J connectivity index is 2.35. The molecule has 4 nitrogen and oxygen atoms in total. The molecule has 0 spiro atoms. The highest BCUT2D eigenvalue weighted by Crippen LogP contribution is 1.93. The van der Waals surface area contributed by atoms with Crippen LogP contribution in [-0.2, 0) is 4.79 Å². The second kappa shape index (κ2) is 2.11. The van der Waals surface area contributed by atoms with E-state index in [4.69, 9.17) is 5.11 Å². The smallest absolute Gasteiger partial charge is 0.322 e. The molecule has 1 aliphatic rings. The van der Waals surface area contributed by atoms with Crippen molar-refractivity contribution in [2.45, 2.75) is 12.5 Å². The molecule has 0 aliphatic carbocycles. The predicted molar refractivity (Wildman–Crippen MR) is 27.2 cm³/mol. The Kier molecular flexibility index (Phi) is 1.45. The van der Waals surface area contributed by atoms with Crippen LogP contribution in [0.1, 0.15) is 6.42 Å². The van der Waals surface area contributed by atoms with Gasteiger partial charge in [-0.05, 0) is 6.42 Å². The first kappa shape index (κ1) is 5.53. The molecule has 1 fully saturated rings. The first-order valence-corrected chi connectivity index (χ1v) is 2.52. The van der Waals surface area contributed by atoms with Crippen molar-refractivity contribution in [1.82, 2.24) is 10.9 Å². The van der Waals surface area contributed by atoms with E-state index < -0.39 is 5.97 Å². The molecule has 1 unspecified atom stereocenters. The average molecular weight is 116 g/mol. The molecule has 0 aromatic carbocycles. The standard InChI is InChI=1S/C4H8N2O2/c7-4(8)3-1-2-5-6-3/h3,5-6H,1-2H2,(H,7,8). The fourth-order valence-electron chi connectivity index (χ4n) is 0.669. The number of hydrazine groups is 1. The normalized spacial score (nSPS) is 28.2. The monoisotopic (exact) mass is 116 g/mol. The quantitative estimate of drug-likeness (QED) is 0.408. The van der Waals surface area contributed by atoms with Crippen LogP contribution >= 0.6 is 0 Å². The van der Waals surface area contributed by atoms with Gasteiger partial charge in [0, 0.05) is 6.54 Å². The molecule has 0 amide bonds. The highest BCUT2D eigenvalue weighted by Gasteiger charge is 2.19. The Morgan fingerprint density at radius 2 is 2.50 bits per heavy atom. The van der Waals surface area contributed by atoms with Gasteiger partial charge >= 0.3 is 5.97 Å². The SMILES string of the molecule is O=C(O)C1CCNN1. The Morgan fingerprint density at radius 3 is 2.75 bits per heavy atom. The van der Waals surface area contributed by atoms with Crippen molar-refractivity contribution in [3.8, 4) is 0 Å². The van der Waals surface area contributed by atoms with Gasteiger partial charge in [0.15, 0.2) is 0 Å². The average Bonchev–Trinajstić information content (AvgIpc) is 2.12. The molecule has 4 heteroatoms. The molecule has 0 aromatic heterocycles. The van der Waals surface area contributed by atoms with Crippen LogP contribution < -0.4 is 10.9 Å². The molecule has 46 valence electrons. The molecular weight excluding hydrogens is 108 g/mol. The molecule has 3 N–H and O–H groups in total. The summed E-state index contributed by atoms with van der Waals surface area (Å²) in [6.07, 6.45) is 0.676. The maximum absolute atomic E-state index is 10.1. The molecule has 1 atom stereocenters. The van der Waals surface area contributed by atoms with E-state index in [-0.39, 0.29) is 6.04 Å². The van der Waals surface area contributed by atoms with E-state index in [1.54, 1.807) is 0 Å². The predicted octanol–water partition coefficient (Wildman–Crippen LogP) is -1.06. The van der Waals surface area contributed by atoms with Crippen LogP contribution in [0, 0.1) is 0 Å². The van der Waals surface area contributed by atoms with Crippen LogP contribution in [0.4, 0.5) is 0 Å². The molecule has 1 heterocycles. The lowest BCUT2D eigenvalue weighted by Gasteiger charge is -1.98.